The van der Waals surface area contributed by atoms with Crippen molar-refractivity contribution in [2.45, 2.75) is 160 Å². The standard InChI is InChI=1S/C25H46F6N.H3O4P/c1-4-5-6-7-8-9-10-11-12-13-14-15-16-17-18-19-23(32-22(2)3,20-24(26,27)28)21-25(29,30)31;1-5(2,3)4/h22H,4-21H2,1-3H3;(H3,1,2,3,4)/q-1;. The summed E-state index contributed by atoms with van der Waals surface area (Å²) in [5, 5.41) is 3.94. The number of hydrogen-bond donors (Lipinski definition) is 3. The van der Waals surface area contributed by atoms with Crippen LogP contribution >= 0.6 is 7.82 Å². The molecule has 0 aliphatic heterocycles. The molecule has 0 aliphatic rings. The van der Waals surface area contributed by atoms with Gasteiger partial charge < -0.3 is 20.0 Å². The highest BCUT2D eigenvalue weighted by atomic mass is 31.2. The number of alkyl halides is 6. The van der Waals surface area contributed by atoms with Gasteiger partial charge in [0, 0.05) is 12.8 Å². The number of rotatable bonds is 20. The third kappa shape index (κ3) is 33.6. The molecular formula is C25H49F6NO4P-. The molecule has 0 fully saturated rings. The minimum absolute atomic E-state index is 0.164. The van der Waals surface area contributed by atoms with Gasteiger partial charge in [-0.15, -0.1) is 11.6 Å². The predicted octanol–water partition coefficient (Wildman–Crippen LogP) is 9.74. The van der Waals surface area contributed by atoms with Crippen molar-refractivity contribution in [2.24, 2.45) is 0 Å². The Morgan fingerprint density at radius 1 is 0.622 bits per heavy atom. The average molecular weight is 573 g/mol. The van der Waals surface area contributed by atoms with Gasteiger partial charge in [0.2, 0.25) is 0 Å². The first-order valence-corrected chi connectivity index (χ1v) is 15.1. The number of halogens is 6. The molecule has 0 rings (SSSR count). The molecule has 0 aromatic rings. The minimum atomic E-state index is -4.67. The lowest BCUT2D eigenvalue weighted by Gasteiger charge is -2.50. The smallest absolute Gasteiger partial charge is 0.466 e. The van der Waals surface area contributed by atoms with Gasteiger partial charge in [-0.2, -0.15) is 26.3 Å². The van der Waals surface area contributed by atoms with Crippen LogP contribution in [0.2, 0.25) is 0 Å². The van der Waals surface area contributed by atoms with Crippen molar-refractivity contribution in [1.82, 2.24) is 0 Å². The molecule has 0 radical (unpaired) electrons. The maximum Gasteiger partial charge on any atom is 0.466 e. The van der Waals surface area contributed by atoms with E-state index in [0.29, 0.717) is 12.8 Å². The molecule has 12 heteroatoms. The van der Waals surface area contributed by atoms with Crippen molar-refractivity contribution in [1.29, 1.82) is 0 Å². The third-order valence-electron chi connectivity index (χ3n) is 5.84. The van der Waals surface area contributed by atoms with Gasteiger partial charge in [-0.25, -0.2) is 4.57 Å². The number of hydrogen-bond acceptors (Lipinski definition) is 1. The van der Waals surface area contributed by atoms with Crippen molar-refractivity contribution in [3.63, 3.8) is 0 Å². The van der Waals surface area contributed by atoms with Crippen molar-refractivity contribution in [2.75, 3.05) is 0 Å². The zero-order valence-corrected chi connectivity index (χ0v) is 23.6. The van der Waals surface area contributed by atoms with Gasteiger partial charge >= 0.3 is 20.2 Å². The van der Waals surface area contributed by atoms with Crippen LogP contribution in [-0.4, -0.2) is 38.6 Å². The lowest BCUT2D eigenvalue weighted by atomic mass is 9.84. The SMILES string of the molecule is CCCCCCCCCCCCCCCCCC(CC(F)(F)F)(CC(F)(F)F)[N-]C(C)C.O=P(O)(O)O. The minimum Gasteiger partial charge on any atom is -0.654 e. The monoisotopic (exact) mass is 572 g/mol. The Hall–Kier alpha value is -0.350. The molecule has 0 spiro atoms. The highest BCUT2D eigenvalue weighted by Gasteiger charge is 2.43. The Balaban J connectivity index is 0. The van der Waals surface area contributed by atoms with E-state index < -0.39 is 44.6 Å². The van der Waals surface area contributed by atoms with E-state index in [1.165, 1.54) is 71.6 Å². The molecule has 0 saturated heterocycles. The topological polar surface area (TPSA) is 91.9 Å². The molecule has 37 heavy (non-hydrogen) atoms. The van der Waals surface area contributed by atoms with Crippen LogP contribution in [0.1, 0.15) is 136 Å². The molecule has 0 aliphatic carbocycles. The van der Waals surface area contributed by atoms with Gasteiger partial charge in [0.1, 0.15) is 0 Å². The van der Waals surface area contributed by atoms with Crippen LogP contribution in [0.15, 0.2) is 0 Å². The Bertz CT molecular complexity index is 558. The summed E-state index contributed by atoms with van der Waals surface area (Å²) in [6, 6.07) is -0.573. The van der Waals surface area contributed by atoms with Crippen LogP contribution in [0.3, 0.4) is 0 Å². The van der Waals surface area contributed by atoms with Gasteiger partial charge in [-0.3, -0.25) is 0 Å². The molecule has 0 aromatic heterocycles. The molecule has 0 unspecified atom stereocenters. The fraction of sp³-hybridized carbons (Fsp3) is 1.00. The summed E-state index contributed by atoms with van der Waals surface area (Å²) in [5.41, 5.74) is -2.10. The van der Waals surface area contributed by atoms with E-state index in [1.54, 1.807) is 0 Å². The highest BCUT2D eigenvalue weighted by molar-refractivity contribution is 7.45. The fourth-order valence-corrected chi connectivity index (χ4v) is 4.51. The number of nitrogens with zero attached hydrogens (tertiary/aromatic N) is 1. The zero-order chi connectivity index (χ0) is 29.0. The molecule has 226 valence electrons. The van der Waals surface area contributed by atoms with E-state index in [0.717, 1.165) is 25.7 Å². The molecule has 0 atom stereocenters. The second-order valence-electron chi connectivity index (χ2n) is 10.2. The van der Waals surface area contributed by atoms with Gasteiger partial charge in [-0.1, -0.05) is 124 Å². The quantitative estimate of drug-likeness (QED) is 0.0769. The van der Waals surface area contributed by atoms with Gasteiger partial charge in [0.15, 0.2) is 0 Å². The van der Waals surface area contributed by atoms with Crippen LogP contribution < -0.4 is 0 Å². The van der Waals surface area contributed by atoms with Crippen molar-refractivity contribution >= 4 is 7.82 Å². The van der Waals surface area contributed by atoms with Crippen molar-refractivity contribution < 1.29 is 45.6 Å². The van der Waals surface area contributed by atoms with Crippen LogP contribution in [0.4, 0.5) is 26.3 Å². The van der Waals surface area contributed by atoms with Crippen molar-refractivity contribution in [3.05, 3.63) is 5.32 Å². The summed E-state index contributed by atoms with van der Waals surface area (Å²) >= 11 is 0. The summed E-state index contributed by atoms with van der Waals surface area (Å²) in [7, 11) is -4.64. The van der Waals surface area contributed by atoms with Gasteiger partial charge in [0.05, 0.1) is 0 Å². The van der Waals surface area contributed by atoms with Crippen LogP contribution in [0.25, 0.3) is 5.32 Å². The molecular weight excluding hydrogens is 523 g/mol. The lowest BCUT2D eigenvalue weighted by molar-refractivity contribution is -0.174. The van der Waals surface area contributed by atoms with Gasteiger partial charge in [-0.05, 0) is 0 Å². The van der Waals surface area contributed by atoms with Gasteiger partial charge in [0.25, 0.3) is 0 Å². The van der Waals surface area contributed by atoms with E-state index in [4.69, 9.17) is 19.2 Å². The first-order chi connectivity index (χ1) is 16.9. The summed E-state index contributed by atoms with van der Waals surface area (Å²) in [5.74, 6) is 0. The predicted molar refractivity (Wildman–Crippen MR) is 136 cm³/mol. The summed E-state index contributed by atoms with van der Waals surface area (Å²) in [6.45, 7) is 5.29. The van der Waals surface area contributed by atoms with Crippen LogP contribution in [0.5, 0.6) is 0 Å². The van der Waals surface area contributed by atoms with E-state index in [1.807, 2.05) is 0 Å². The Morgan fingerprint density at radius 2 is 0.892 bits per heavy atom. The average Bonchev–Trinajstić information content (AvgIpc) is 2.66. The lowest BCUT2D eigenvalue weighted by Crippen LogP contribution is -2.40. The van der Waals surface area contributed by atoms with Crippen molar-refractivity contribution in [3.8, 4) is 0 Å². The third-order valence-corrected chi connectivity index (χ3v) is 5.84. The zero-order valence-electron chi connectivity index (χ0n) is 22.7. The normalized spacial score (nSPS) is 13.1. The van der Waals surface area contributed by atoms with E-state index in [9.17, 15) is 26.3 Å². The fourth-order valence-electron chi connectivity index (χ4n) is 4.51. The van der Waals surface area contributed by atoms with E-state index in [2.05, 4.69) is 12.2 Å². The molecule has 0 aromatic carbocycles. The number of unbranched alkanes of at least 4 members (excludes halogenated alkanes) is 14. The molecule has 0 heterocycles. The Morgan fingerprint density at radius 3 is 1.14 bits per heavy atom. The molecule has 0 bridgehead atoms. The largest absolute Gasteiger partial charge is 0.654 e. The number of phosphoric acid groups is 1. The van der Waals surface area contributed by atoms with Crippen LogP contribution in [-0.2, 0) is 4.57 Å². The first-order valence-electron chi connectivity index (χ1n) is 13.5. The van der Waals surface area contributed by atoms with Crippen LogP contribution in [0, 0.1) is 0 Å². The Labute approximate surface area is 219 Å². The second kappa shape index (κ2) is 20.5. The Kier molecular flexibility index (Phi) is 21.5. The molecule has 3 N–H and O–H groups in total. The highest BCUT2D eigenvalue weighted by Crippen LogP contribution is 2.44. The first kappa shape index (κ1) is 38.8. The maximum absolute atomic E-state index is 13.0. The molecule has 0 amide bonds. The molecule has 0 saturated carbocycles. The summed E-state index contributed by atoms with van der Waals surface area (Å²) in [6.07, 6.45) is 4.25. The maximum atomic E-state index is 13.0. The summed E-state index contributed by atoms with van der Waals surface area (Å²) in [4.78, 5) is 21.6. The van der Waals surface area contributed by atoms with E-state index >= 15 is 0 Å². The van der Waals surface area contributed by atoms with E-state index in [-0.39, 0.29) is 6.42 Å². The molecule has 5 nitrogen and oxygen atoms in total. The summed E-state index contributed by atoms with van der Waals surface area (Å²) < 4.78 is 87.1. The second-order valence-corrected chi connectivity index (χ2v) is 11.3.